The number of ether oxygens (including phenoxy) is 1. The normalized spacial score (nSPS) is 18.8. The summed E-state index contributed by atoms with van der Waals surface area (Å²) in [5.74, 6) is -2.06. The third kappa shape index (κ3) is 7.56. The van der Waals surface area contributed by atoms with Crippen LogP contribution in [0.25, 0.3) is 0 Å². The van der Waals surface area contributed by atoms with Crippen molar-refractivity contribution in [2.75, 3.05) is 25.1 Å². The molecular formula is C33H40ClFN4O5S. The predicted molar refractivity (Wildman–Crippen MR) is 173 cm³/mol. The summed E-state index contributed by atoms with van der Waals surface area (Å²) in [6.07, 6.45) is -0.777. The molecule has 242 valence electrons. The van der Waals surface area contributed by atoms with E-state index in [1.54, 1.807) is 48.5 Å². The van der Waals surface area contributed by atoms with Crippen molar-refractivity contribution in [2.24, 2.45) is 11.7 Å². The van der Waals surface area contributed by atoms with Gasteiger partial charge in [-0.05, 0) is 67.6 Å². The van der Waals surface area contributed by atoms with Crippen LogP contribution in [0.4, 0.5) is 14.9 Å². The number of hydrogen-bond donors (Lipinski definition) is 2. The van der Waals surface area contributed by atoms with Crippen LogP contribution in [0.1, 0.15) is 44.2 Å². The molecule has 1 saturated heterocycles. The topological polar surface area (TPSA) is 122 Å². The number of nitrogens with zero attached hydrogens (tertiary/aromatic N) is 2. The van der Waals surface area contributed by atoms with Crippen molar-refractivity contribution in [1.82, 2.24) is 9.62 Å². The van der Waals surface area contributed by atoms with Crippen molar-refractivity contribution < 1.29 is 27.1 Å². The van der Waals surface area contributed by atoms with E-state index in [-0.39, 0.29) is 40.9 Å². The highest BCUT2D eigenvalue weighted by atomic mass is 35.5. The zero-order valence-corrected chi connectivity index (χ0v) is 27.4. The number of rotatable bonds is 10. The van der Waals surface area contributed by atoms with Gasteiger partial charge >= 0.3 is 6.09 Å². The van der Waals surface area contributed by atoms with E-state index in [9.17, 15) is 18.0 Å². The molecular weight excluding hydrogens is 619 g/mol. The SMILES string of the molecule is COC(=O)N(C(=O)[C@@H](N)[C@@H](c1cccc(Cl)c1)C(C)C)c1cccc(F)c1CC[C@H]1CNC[C@@H](C)N1S(=O)(=O)c1ccccc1. The second kappa shape index (κ2) is 14.8. The lowest BCUT2D eigenvalue weighted by Gasteiger charge is -2.40. The summed E-state index contributed by atoms with van der Waals surface area (Å²) in [5, 5.41) is 3.74. The molecule has 1 aliphatic heterocycles. The monoisotopic (exact) mass is 658 g/mol. The lowest BCUT2D eigenvalue weighted by Crippen LogP contribution is -2.58. The molecule has 0 radical (unpaired) electrons. The van der Waals surface area contributed by atoms with Crippen LogP contribution < -0.4 is 16.0 Å². The van der Waals surface area contributed by atoms with Crippen molar-refractivity contribution >= 4 is 39.3 Å². The second-order valence-electron chi connectivity index (χ2n) is 11.6. The number of halogens is 2. The lowest BCUT2D eigenvalue weighted by molar-refractivity contribution is -0.120. The zero-order chi connectivity index (χ0) is 32.9. The lowest BCUT2D eigenvalue weighted by atomic mass is 9.82. The Labute approximate surface area is 269 Å². The van der Waals surface area contributed by atoms with E-state index in [4.69, 9.17) is 22.1 Å². The third-order valence-electron chi connectivity index (χ3n) is 8.20. The van der Waals surface area contributed by atoms with Gasteiger partial charge in [0.15, 0.2) is 0 Å². The van der Waals surface area contributed by atoms with E-state index in [0.29, 0.717) is 18.1 Å². The Hall–Kier alpha value is -3.35. The molecule has 0 saturated carbocycles. The van der Waals surface area contributed by atoms with E-state index in [0.717, 1.165) is 17.6 Å². The number of imide groups is 1. The average molecular weight is 659 g/mol. The summed E-state index contributed by atoms with van der Waals surface area (Å²) in [4.78, 5) is 28.2. The molecule has 1 fully saturated rings. The fourth-order valence-corrected chi connectivity index (χ4v) is 8.18. The highest BCUT2D eigenvalue weighted by Gasteiger charge is 2.39. The molecule has 3 N–H and O–H groups in total. The van der Waals surface area contributed by atoms with E-state index in [1.807, 2.05) is 26.8 Å². The molecule has 0 aromatic heterocycles. The molecule has 3 aromatic carbocycles. The Morgan fingerprint density at radius 1 is 1.09 bits per heavy atom. The number of nitrogens with one attached hydrogen (secondary N) is 1. The number of anilines is 1. The van der Waals surface area contributed by atoms with Gasteiger partial charge in [-0.25, -0.2) is 22.5 Å². The molecule has 0 aliphatic carbocycles. The number of carbonyl (C=O) groups is 2. The maximum absolute atomic E-state index is 15.6. The third-order valence-corrected chi connectivity index (χ3v) is 10.5. The zero-order valence-electron chi connectivity index (χ0n) is 25.8. The molecule has 45 heavy (non-hydrogen) atoms. The highest BCUT2D eigenvalue weighted by Crippen LogP contribution is 2.33. The maximum atomic E-state index is 15.6. The number of hydrogen-bond acceptors (Lipinski definition) is 7. The van der Waals surface area contributed by atoms with E-state index in [1.165, 1.54) is 22.5 Å². The van der Waals surface area contributed by atoms with E-state index >= 15 is 4.39 Å². The van der Waals surface area contributed by atoms with Crippen LogP contribution in [0.5, 0.6) is 0 Å². The first-order valence-electron chi connectivity index (χ1n) is 14.9. The van der Waals surface area contributed by atoms with Gasteiger partial charge in [-0.15, -0.1) is 0 Å². The quantitative estimate of drug-likeness (QED) is 0.302. The molecule has 2 amide bonds. The minimum Gasteiger partial charge on any atom is -0.452 e. The van der Waals surface area contributed by atoms with Gasteiger partial charge in [0.1, 0.15) is 5.82 Å². The Balaban J connectivity index is 1.68. The van der Waals surface area contributed by atoms with Crippen molar-refractivity contribution in [3.63, 3.8) is 0 Å². The molecule has 3 aromatic rings. The van der Waals surface area contributed by atoms with Gasteiger partial charge in [-0.3, -0.25) is 4.79 Å². The van der Waals surface area contributed by atoms with Gasteiger partial charge in [0, 0.05) is 41.7 Å². The van der Waals surface area contributed by atoms with Crippen LogP contribution in [0.2, 0.25) is 5.02 Å². The summed E-state index contributed by atoms with van der Waals surface area (Å²) >= 11 is 6.23. The molecule has 1 aliphatic rings. The van der Waals surface area contributed by atoms with Gasteiger partial charge in [0.05, 0.1) is 23.7 Å². The van der Waals surface area contributed by atoms with Crippen LogP contribution in [-0.4, -0.2) is 63.0 Å². The molecule has 0 unspecified atom stereocenters. The van der Waals surface area contributed by atoms with Gasteiger partial charge < -0.3 is 15.8 Å². The van der Waals surface area contributed by atoms with Crippen LogP contribution in [0.15, 0.2) is 77.7 Å². The first-order valence-corrected chi connectivity index (χ1v) is 16.7. The first kappa shape index (κ1) is 34.5. The second-order valence-corrected chi connectivity index (χ2v) is 13.9. The van der Waals surface area contributed by atoms with Gasteiger partial charge in [-0.2, -0.15) is 4.31 Å². The highest BCUT2D eigenvalue weighted by molar-refractivity contribution is 7.89. The average Bonchev–Trinajstić information content (AvgIpc) is 3.01. The van der Waals surface area contributed by atoms with Crippen LogP contribution in [0.3, 0.4) is 0 Å². The Bertz CT molecular complexity index is 1610. The fourth-order valence-electron chi connectivity index (χ4n) is 6.11. The smallest absolute Gasteiger partial charge is 0.420 e. The summed E-state index contributed by atoms with van der Waals surface area (Å²) in [7, 11) is -2.73. The molecule has 1 heterocycles. The summed E-state index contributed by atoms with van der Waals surface area (Å²) in [5.41, 5.74) is 7.36. The molecule has 0 spiro atoms. The summed E-state index contributed by atoms with van der Waals surface area (Å²) in [6.45, 7) is 6.44. The molecule has 4 atom stereocenters. The Kier molecular flexibility index (Phi) is 11.4. The van der Waals surface area contributed by atoms with Crippen LogP contribution >= 0.6 is 11.6 Å². The maximum Gasteiger partial charge on any atom is 0.420 e. The first-order chi connectivity index (χ1) is 21.4. The Morgan fingerprint density at radius 3 is 2.42 bits per heavy atom. The van der Waals surface area contributed by atoms with E-state index < -0.39 is 45.8 Å². The molecule has 12 heteroatoms. The molecule has 4 rings (SSSR count). The number of amides is 2. The van der Waals surface area contributed by atoms with Gasteiger partial charge in [0.25, 0.3) is 5.91 Å². The number of sulfonamides is 1. The number of carbonyl (C=O) groups excluding carboxylic acids is 2. The van der Waals surface area contributed by atoms with Gasteiger partial charge in [0.2, 0.25) is 10.0 Å². The Morgan fingerprint density at radius 2 is 1.78 bits per heavy atom. The fraction of sp³-hybridized carbons (Fsp3) is 0.394. The standard InChI is InChI=1S/C33H40ClFN4O5S/c1-21(2)30(23-10-8-11-24(34)18-23)31(36)32(40)38(33(41)44-4)29-15-9-14-28(35)27(29)17-16-25-20-37-19-22(3)39(25)45(42,43)26-12-6-5-7-13-26/h5-15,18,21-22,25,30-31,37H,16-17,19-20,36H2,1-4H3/t22-,25+,30-,31+/m1/s1. The van der Waals surface area contributed by atoms with E-state index in [2.05, 4.69) is 5.32 Å². The minimum atomic E-state index is -3.86. The predicted octanol–water partition coefficient (Wildman–Crippen LogP) is 5.33. The van der Waals surface area contributed by atoms with Crippen LogP contribution in [0, 0.1) is 11.7 Å². The number of methoxy groups -OCH3 is 1. The molecule has 0 bridgehead atoms. The van der Waals surface area contributed by atoms with Gasteiger partial charge in [-0.1, -0.05) is 61.8 Å². The van der Waals surface area contributed by atoms with Crippen molar-refractivity contribution in [3.8, 4) is 0 Å². The minimum absolute atomic E-state index is 0.00909. The summed E-state index contributed by atoms with van der Waals surface area (Å²) in [6, 6.07) is 17.2. The number of benzene rings is 3. The number of piperazine rings is 1. The van der Waals surface area contributed by atoms with Crippen molar-refractivity contribution in [2.45, 2.75) is 62.6 Å². The van der Waals surface area contributed by atoms with Crippen molar-refractivity contribution in [1.29, 1.82) is 0 Å². The largest absolute Gasteiger partial charge is 0.452 e. The molecule has 9 nitrogen and oxygen atoms in total. The van der Waals surface area contributed by atoms with Crippen LogP contribution in [-0.2, 0) is 26.0 Å². The summed E-state index contributed by atoms with van der Waals surface area (Å²) < 4.78 is 49.4. The number of nitrogens with two attached hydrogens (primary N) is 1. The van der Waals surface area contributed by atoms with Crippen molar-refractivity contribution in [3.05, 3.63) is 94.8 Å².